The van der Waals surface area contributed by atoms with Gasteiger partial charge in [-0.1, -0.05) is 26.0 Å². The number of pyridine rings is 2. The summed E-state index contributed by atoms with van der Waals surface area (Å²) < 4.78 is 32.6. The summed E-state index contributed by atoms with van der Waals surface area (Å²) in [5, 5.41) is 22.3. The summed E-state index contributed by atoms with van der Waals surface area (Å²) in [7, 11) is 1.74. The number of rotatable bonds is 14. The zero-order valence-corrected chi connectivity index (χ0v) is 36.7. The number of thioether (sulfide) groups is 1. The van der Waals surface area contributed by atoms with Crippen molar-refractivity contribution in [2.24, 2.45) is 0 Å². The van der Waals surface area contributed by atoms with Crippen molar-refractivity contribution in [1.82, 2.24) is 19.8 Å². The molecule has 0 spiro atoms. The number of nitrogens with zero attached hydrogens (tertiary/aromatic N) is 8. The van der Waals surface area contributed by atoms with Gasteiger partial charge in [-0.05, 0) is 75.4 Å². The van der Waals surface area contributed by atoms with Crippen LogP contribution in [0.2, 0.25) is 0 Å². The van der Waals surface area contributed by atoms with E-state index >= 15 is 0 Å². The van der Waals surface area contributed by atoms with Crippen LogP contribution in [0.25, 0.3) is 0 Å². The van der Waals surface area contributed by atoms with Crippen molar-refractivity contribution >= 4 is 23.4 Å². The number of nitriles is 2. The molecule has 2 fully saturated rings. The third-order valence-corrected chi connectivity index (χ3v) is 13.5. The number of hydrogen-bond donors (Lipinski definition) is 0. The minimum Gasteiger partial charge on any atom is -0.383 e. The Kier molecular flexibility index (Phi) is 13.8. The first-order valence-corrected chi connectivity index (χ1v) is 22.4. The van der Waals surface area contributed by atoms with Gasteiger partial charge < -0.3 is 24.0 Å². The number of aryl methyl sites for hydroxylation is 1. The highest BCUT2D eigenvalue weighted by Gasteiger charge is 2.40. The van der Waals surface area contributed by atoms with E-state index in [9.17, 15) is 14.9 Å². The van der Waals surface area contributed by atoms with Crippen molar-refractivity contribution in [3.05, 3.63) is 74.7 Å². The lowest BCUT2D eigenvalue weighted by atomic mass is 9.79. The van der Waals surface area contributed by atoms with E-state index in [4.69, 9.17) is 24.2 Å². The van der Waals surface area contributed by atoms with Crippen molar-refractivity contribution in [2.75, 3.05) is 94.7 Å². The van der Waals surface area contributed by atoms with E-state index in [1.54, 1.807) is 31.0 Å². The van der Waals surface area contributed by atoms with E-state index in [1.165, 1.54) is 6.07 Å². The number of piperazine rings is 2. The first-order valence-electron chi connectivity index (χ1n) is 21.4. The molecular formula is C46H61FN8O3S. The van der Waals surface area contributed by atoms with Gasteiger partial charge in [-0.3, -0.25) is 9.80 Å². The third kappa shape index (κ3) is 9.88. The largest absolute Gasteiger partial charge is 0.383 e. The molecule has 0 bridgehead atoms. The molecule has 3 aromatic rings. The molecule has 2 saturated heterocycles. The first kappa shape index (κ1) is 43.3. The molecule has 2 atom stereocenters. The highest BCUT2D eigenvalue weighted by Crippen LogP contribution is 2.44. The summed E-state index contributed by atoms with van der Waals surface area (Å²) >= 11 is 1.57. The Morgan fingerprint density at radius 3 is 2.10 bits per heavy atom. The van der Waals surface area contributed by atoms with Crippen molar-refractivity contribution in [3.8, 4) is 12.1 Å². The molecule has 0 amide bonds. The quantitative estimate of drug-likeness (QED) is 0.158. The van der Waals surface area contributed by atoms with Gasteiger partial charge in [0.05, 0.1) is 47.8 Å². The average Bonchev–Trinajstić information content (AvgIpc) is 3.22. The van der Waals surface area contributed by atoms with Crippen molar-refractivity contribution in [2.45, 2.75) is 102 Å². The van der Waals surface area contributed by atoms with E-state index in [0.717, 1.165) is 117 Å². The van der Waals surface area contributed by atoms with Crippen LogP contribution in [0.4, 0.5) is 16.0 Å². The fourth-order valence-electron chi connectivity index (χ4n) is 9.38. The van der Waals surface area contributed by atoms with Gasteiger partial charge in [-0.15, -0.1) is 11.8 Å². The average molecular weight is 825 g/mol. The molecule has 0 aliphatic carbocycles. The fraction of sp³-hybridized carbons (Fsp3) is 0.609. The molecular weight excluding hydrogens is 764 g/mol. The number of aromatic nitrogens is 2. The van der Waals surface area contributed by atoms with Gasteiger partial charge in [0.2, 0.25) is 0 Å². The van der Waals surface area contributed by atoms with Crippen LogP contribution in [0.3, 0.4) is 0 Å². The number of ether oxygens (including phenoxy) is 3. The van der Waals surface area contributed by atoms with Crippen LogP contribution in [-0.2, 0) is 46.7 Å². The molecule has 0 radical (unpaired) electrons. The molecule has 6 heterocycles. The Hall–Kier alpha value is -3.82. The van der Waals surface area contributed by atoms with Crippen molar-refractivity contribution in [1.29, 1.82) is 10.5 Å². The molecule has 2 aromatic heterocycles. The first-order chi connectivity index (χ1) is 28.4. The Balaban J connectivity index is 1.19. The van der Waals surface area contributed by atoms with E-state index in [1.807, 2.05) is 6.07 Å². The molecule has 316 valence electrons. The van der Waals surface area contributed by atoms with Crippen LogP contribution in [0.5, 0.6) is 0 Å². The summed E-state index contributed by atoms with van der Waals surface area (Å²) in [5.74, 6) is 2.17. The molecule has 0 saturated carbocycles. The van der Waals surface area contributed by atoms with Crippen molar-refractivity contribution < 1.29 is 18.6 Å². The Labute approximate surface area is 354 Å². The number of anilines is 2. The minimum absolute atomic E-state index is 0.0975. The van der Waals surface area contributed by atoms with E-state index in [2.05, 4.69) is 66.4 Å². The maximum absolute atomic E-state index is 14.0. The predicted octanol–water partition coefficient (Wildman–Crippen LogP) is 6.87. The standard InChI is InChI=1S/C46H61FN8O3S/c1-7-12-52-13-17-54(18-14-52)42-39-30-57-45(3,4)26-35(39)37(28-48)41(50-42)32(2)25-46(5)27-36-38(29-49)44(59-23-11-33-9-8-10-34(47)24-33)51-43(40(36)31-58-46)55-19-15-53(16-20-55)21-22-56-6/h8-10,24,32H,7,11-23,25-27,30-31H2,1-6H3. The summed E-state index contributed by atoms with van der Waals surface area (Å²) in [4.78, 5) is 20.3. The fourth-order valence-corrected chi connectivity index (χ4v) is 10.4. The van der Waals surface area contributed by atoms with Crippen LogP contribution < -0.4 is 9.80 Å². The molecule has 7 rings (SSSR count). The second-order valence-electron chi connectivity index (χ2n) is 17.6. The smallest absolute Gasteiger partial charge is 0.135 e. The monoisotopic (exact) mass is 824 g/mol. The van der Waals surface area contributed by atoms with Gasteiger partial charge in [-0.2, -0.15) is 10.5 Å². The van der Waals surface area contributed by atoms with Crippen LogP contribution in [-0.4, -0.2) is 116 Å². The number of halogens is 1. The molecule has 4 aliphatic rings. The van der Waals surface area contributed by atoms with E-state index < -0.39 is 5.60 Å². The molecule has 11 nitrogen and oxygen atoms in total. The van der Waals surface area contributed by atoms with Crippen LogP contribution >= 0.6 is 11.8 Å². The van der Waals surface area contributed by atoms with Gasteiger partial charge in [0, 0.05) is 102 Å². The SMILES string of the molecule is CCCN1CCN(c2nc(C(C)CC3(C)Cc4c(C#N)c(SCCc5cccc(F)c5)nc(N5CCN(CCOC)CC5)c4CO3)c(C#N)c3c2COC(C)(C)C3)CC1. The van der Waals surface area contributed by atoms with Gasteiger partial charge in [0.25, 0.3) is 0 Å². The van der Waals surface area contributed by atoms with Crippen LogP contribution in [0.1, 0.15) is 98.0 Å². The zero-order valence-electron chi connectivity index (χ0n) is 35.9. The number of fused-ring (bicyclic) bond motifs is 2. The normalized spacial score (nSPS) is 21.4. The highest BCUT2D eigenvalue weighted by atomic mass is 32.2. The molecule has 2 unspecified atom stereocenters. The number of methoxy groups -OCH3 is 1. The molecule has 1 aromatic carbocycles. The van der Waals surface area contributed by atoms with E-state index in [-0.39, 0.29) is 17.3 Å². The van der Waals surface area contributed by atoms with Gasteiger partial charge in [0.1, 0.15) is 34.6 Å². The highest BCUT2D eigenvalue weighted by molar-refractivity contribution is 7.99. The molecule has 59 heavy (non-hydrogen) atoms. The molecule has 0 N–H and O–H groups in total. The number of hydrogen-bond acceptors (Lipinski definition) is 12. The lowest BCUT2D eigenvalue weighted by Gasteiger charge is -2.42. The van der Waals surface area contributed by atoms with Gasteiger partial charge >= 0.3 is 0 Å². The maximum Gasteiger partial charge on any atom is 0.135 e. The topological polar surface area (TPSA) is 114 Å². The van der Waals surface area contributed by atoms with Crippen molar-refractivity contribution in [3.63, 3.8) is 0 Å². The van der Waals surface area contributed by atoms with Gasteiger partial charge in [-0.25, -0.2) is 14.4 Å². The summed E-state index contributed by atoms with van der Waals surface area (Å²) in [5.41, 5.74) is 6.10. The zero-order chi connectivity index (χ0) is 41.7. The van der Waals surface area contributed by atoms with Gasteiger partial charge in [0.15, 0.2) is 0 Å². The predicted molar refractivity (Wildman–Crippen MR) is 231 cm³/mol. The summed E-state index contributed by atoms with van der Waals surface area (Å²) in [6.07, 6.45) is 3.61. The van der Waals surface area contributed by atoms with Crippen LogP contribution in [0.15, 0.2) is 29.3 Å². The Bertz CT molecular complexity index is 2050. The lowest BCUT2D eigenvalue weighted by molar-refractivity contribution is -0.0632. The summed E-state index contributed by atoms with van der Waals surface area (Å²) in [6.45, 7) is 21.4. The molecule has 13 heteroatoms. The maximum atomic E-state index is 14.0. The third-order valence-electron chi connectivity index (χ3n) is 12.5. The van der Waals surface area contributed by atoms with Crippen LogP contribution in [0, 0.1) is 28.5 Å². The Morgan fingerprint density at radius 2 is 1.47 bits per heavy atom. The second kappa shape index (κ2) is 18.8. The molecule has 4 aliphatic heterocycles. The lowest BCUT2D eigenvalue weighted by Crippen LogP contribution is -2.48. The second-order valence-corrected chi connectivity index (χ2v) is 18.7. The summed E-state index contributed by atoms with van der Waals surface area (Å²) in [6, 6.07) is 11.9. The number of benzene rings is 1. The minimum atomic E-state index is -0.627. The van der Waals surface area contributed by atoms with E-state index in [0.29, 0.717) is 67.4 Å². The Morgan fingerprint density at radius 1 is 0.847 bits per heavy atom.